The van der Waals surface area contributed by atoms with Crippen molar-refractivity contribution < 1.29 is 19.1 Å². The fraction of sp³-hybridized carbons (Fsp3) is 0.632. The first kappa shape index (κ1) is 16.3. The van der Waals surface area contributed by atoms with Crippen molar-refractivity contribution in [3.05, 3.63) is 29.8 Å². The molecule has 2 unspecified atom stereocenters. The van der Waals surface area contributed by atoms with Crippen LogP contribution in [-0.2, 0) is 9.53 Å². The van der Waals surface area contributed by atoms with Gasteiger partial charge in [-0.2, -0.15) is 0 Å². The second-order valence-corrected chi connectivity index (χ2v) is 7.77. The van der Waals surface area contributed by atoms with Gasteiger partial charge in [0.15, 0.2) is 6.10 Å². The van der Waals surface area contributed by atoms with Crippen LogP contribution in [-0.4, -0.2) is 48.8 Å². The zero-order chi connectivity index (χ0) is 16.4. The minimum Gasteiger partial charge on any atom is -0.508 e. The number of para-hydroxylation sites is 1. The lowest BCUT2D eigenvalue weighted by atomic mass is 9.84. The smallest absolute Gasteiger partial charge is 0.314 e. The summed E-state index contributed by atoms with van der Waals surface area (Å²) < 4.78 is 6.77. The molecule has 1 heterocycles. The van der Waals surface area contributed by atoms with Gasteiger partial charge in [-0.25, -0.2) is 0 Å². The van der Waals surface area contributed by atoms with E-state index in [1.165, 1.54) is 0 Å². The monoisotopic (exact) mass is 318 g/mol. The molecule has 0 aromatic heterocycles. The van der Waals surface area contributed by atoms with E-state index >= 15 is 0 Å². The minimum atomic E-state index is -0.324. The van der Waals surface area contributed by atoms with Crippen LogP contribution < -0.4 is 0 Å². The number of benzene rings is 1. The van der Waals surface area contributed by atoms with Gasteiger partial charge in [0.1, 0.15) is 12.3 Å². The van der Waals surface area contributed by atoms with E-state index in [9.17, 15) is 9.90 Å². The Morgan fingerprint density at radius 1 is 1.22 bits per heavy atom. The molecule has 0 radical (unpaired) electrons. The molecule has 1 saturated heterocycles. The van der Waals surface area contributed by atoms with E-state index in [2.05, 4.69) is 14.1 Å². The standard InChI is InChI=1S/C19H27NO3/c1-20(2)12-11-15(13-20)23-19(22)18(14-7-3-4-8-14)16-9-5-6-10-17(16)21/h5-6,9-10,14-15,18H,3-4,7-8,11-13H2,1-2H3/p+1. The Morgan fingerprint density at radius 2 is 1.91 bits per heavy atom. The highest BCUT2D eigenvalue weighted by Gasteiger charge is 2.39. The summed E-state index contributed by atoms with van der Waals surface area (Å²) >= 11 is 0. The van der Waals surface area contributed by atoms with Gasteiger partial charge in [0.25, 0.3) is 0 Å². The van der Waals surface area contributed by atoms with Gasteiger partial charge in [0.2, 0.25) is 0 Å². The Kier molecular flexibility index (Phi) is 4.62. The van der Waals surface area contributed by atoms with Crippen molar-refractivity contribution in [2.24, 2.45) is 5.92 Å². The average molecular weight is 318 g/mol. The topological polar surface area (TPSA) is 46.5 Å². The minimum absolute atomic E-state index is 0.00672. The molecule has 1 aliphatic heterocycles. The molecule has 3 rings (SSSR count). The third-order valence-corrected chi connectivity index (χ3v) is 5.43. The number of likely N-dealkylation sites (tertiary alicyclic amines) is 1. The van der Waals surface area contributed by atoms with Gasteiger partial charge in [-0.15, -0.1) is 0 Å². The fourth-order valence-corrected chi connectivity index (χ4v) is 4.18. The molecule has 1 N–H and O–H groups in total. The number of carbonyl (C=O) groups is 1. The Bertz CT molecular complexity index is 563. The summed E-state index contributed by atoms with van der Waals surface area (Å²) in [6.45, 7) is 1.92. The highest BCUT2D eigenvalue weighted by molar-refractivity contribution is 5.79. The van der Waals surface area contributed by atoms with Crippen molar-refractivity contribution in [1.82, 2.24) is 0 Å². The zero-order valence-electron chi connectivity index (χ0n) is 14.2. The SMILES string of the molecule is C[N+]1(C)CCC(OC(=O)C(c2ccccc2O)C2CCCC2)C1. The predicted molar refractivity (Wildman–Crippen MR) is 89.1 cm³/mol. The van der Waals surface area contributed by atoms with Crippen molar-refractivity contribution in [3.63, 3.8) is 0 Å². The molecule has 0 bridgehead atoms. The molecule has 2 aliphatic rings. The number of likely N-dealkylation sites (N-methyl/N-ethyl adjacent to an activating group) is 1. The molecular weight excluding hydrogens is 290 g/mol. The van der Waals surface area contributed by atoms with Crippen LogP contribution in [0.1, 0.15) is 43.6 Å². The first-order valence-electron chi connectivity index (χ1n) is 8.77. The molecule has 1 aliphatic carbocycles. The molecule has 23 heavy (non-hydrogen) atoms. The quantitative estimate of drug-likeness (QED) is 0.685. The lowest BCUT2D eigenvalue weighted by molar-refractivity contribution is -0.879. The lowest BCUT2D eigenvalue weighted by Gasteiger charge is -2.26. The highest BCUT2D eigenvalue weighted by Crippen LogP contribution is 2.41. The first-order valence-corrected chi connectivity index (χ1v) is 8.77. The number of aromatic hydroxyl groups is 1. The van der Waals surface area contributed by atoms with Gasteiger partial charge in [-0.3, -0.25) is 4.79 Å². The third-order valence-electron chi connectivity index (χ3n) is 5.43. The number of esters is 1. The molecule has 2 atom stereocenters. The number of rotatable bonds is 4. The summed E-state index contributed by atoms with van der Waals surface area (Å²) in [6, 6.07) is 7.22. The number of carbonyl (C=O) groups excluding carboxylic acids is 1. The van der Waals surface area contributed by atoms with Crippen molar-refractivity contribution in [2.45, 2.75) is 44.1 Å². The van der Waals surface area contributed by atoms with Gasteiger partial charge in [-0.05, 0) is 24.8 Å². The Balaban J connectivity index is 1.78. The Labute approximate surface area is 138 Å². The molecule has 1 aromatic rings. The van der Waals surface area contributed by atoms with Crippen LogP contribution in [0.5, 0.6) is 5.75 Å². The number of phenols is 1. The maximum absolute atomic E-state index is 12.9. The third kappa shape index (κ3) is 3.69. The summed E-state index contributed by atoms with van der Waals surface area (Å²) in [5.74, 6) is 0.0313. The van der Waals surface area contributed by atoms with E-state index in [4.69, 9.17) is 4.74 Å². The summed E-state index contributed by atoms with van der Waals surface area (Å²) in [6.07, 6.45) is 5.34. The summed E-state index contributed by atoms with van der Waals surface area (Å²) in [7, 11) is 4.34. The number of nitrogens with zero attached hydrogens (tertiary/aromatic N) is 1. The summed E-state index contributed by atoms with van der Waals surface area (Å²) in [4.78, 5) is 12.9. The maximum atomic E-state index is 12.9. The molecular formula is C19H28NO3+. The molecule has 126 valence electrons. The van der Waals surface area contributed by atoms with Crippen LogP contribution in [0.4, 0.5) is 0 Å². The Hall–Kier alpha value is -1.55. The predicted octanol–water partition coefficient (Wildman–Crippen LogP) is 3.06. The van der Waals surface area contributed by atoms with Crippen LogP contribution >= 0.6 is 0 Å². The van der Waals surface area contributed by atoms with Crippen LogP contribution in [0, 0.1) is 5.92 Å². The number of phenolic OH excluding ortho intramolecular Hbond substituents is 1. The molecule has 1 saturated carbocycles. The van der Waals surface area contributed by atoms with Crippen molar-refractivity contribution in [1.29, 1.82) is 0 Å². The summed E-state index contributed by atoms with van der Waals surface area (Å²) in [5.41, 5.74) is 0.733. The van der Waals surface area contributed by atoms with Crippen molar-refractivity contribution >= 4 is 5.97 Å². The van der Waals surface area contributed by atoms with Gasteiger partial charge >= 0.3 is 5.97 Å². The average Bonchev–Trinajstić information content (AvgIpc) is 3.11. The normalized spacial score (nSPS) is 25.4. The van der Waals surface area contributed by atoms with Crippen LogP contribution in [0.2, 0.25) is 0 Å². The van der Waals surface area contributed by atoms with Crippen LogP contribution in [0.15, 0.2) is 24.3 Å². The maximum Gasteiger partial charge on any atom is 0.314 e. The first-order chi connectivity index (χ1) is 11.0. The largest absolute Gasteiger partial charge is 0.508 e. The molecule has 0 amide bonds. The molecule has 4 nitrogen and oxygen atoms in total. The van der Waals surface area contributed by atoms with E-state index in [0.29, 0.717) is 5.92 Å². The molecule has 0 spiro atoms. The van der Waals surface area contributed by atoms with Crippen molar-refractivity contribution in [3.8, 4) is 5.75 Å². The highest BCUT2D eigenvalue weighted by atomic mass is 16.5. The number of ether oxygens (including phenoxy) is 1. The second-order valence-electron chi connectivity index (χ2n) is 7.77. The number of hydrogen-bond acceptors (Lipinski definition) is 3. The molecule has 2 fully saturated rings. The van der Waals surface area contributed by atoms with Gasteiger partial charge in [-0.1, -0.05) is 31.0 Å². The van der Waals surface area contributed by atoms with E-state index in [0.717, 1.165) is 55.2 Å². The fourth-order valence-electron chi connectivity index (χ4n) is 4.18. The van der Waals surface area contributed by atoms with E-state index in [1.807, 2.05) is 12.1 Å². The van der Waals surface area contributed by atoms with Crippen molar-refractivity contribution in [2.75, 3.05) is 27.2 Å². The van der Waals surface area contributed by atoms with Gasteiger partial charge in [0.05, 0.1) is 26.6 Å². The van der Waals surface area contributed by atoms with E-state index in [-0.39, 0.29) is 23.7 Å². The second kappa shape index (κ2) is 6.52. The van der Waals surface area contributed by atoms with Gasteiger partial charge < -0.3 is 14.3 Å². The number of quaternary nitrogens is 1. The number of hydrogen-bond donors (Lipinski definition) is 1. The lowest BCUT2D eigenvalue weighted by Crippen LogP contribution is -2.38. The van der Waals surface area contributed by atoms with E-state index in [1.54, 1.807) is 12.1 Å². The molecule has 1 aromatic carbocycles. The Morgan fingerprint density at radius 3 is 2.52 bits per heavy atom. The van der Waals surface area contributed by atoms with E-state index < -0.39 is 0 Å². The van der Waals surface area contributed by atoms with Crippen LogP contribution in [0.25, 0.3) is 0 Å². The molecule has 4 heteroatoms. The van der Waals surface area contributed by atoms with Crippen LogP contribution in [0.3, 0.4) is 0 Å². The summed E-state index contributed by atoms with van der Waals surface area (Å²) in [5, 5.41) is 10.2. The zero-order valence-corrected chi connectivity index (χ0v) is 14.2. The van der Waals surface area contributed by atoms with Gasteiger partial charge in [0, 0.05) is 12.0 Å².